The van der Waals surface area contributed by atoms with E-state index >= 15 is 0 Å². The summed E-state index contributed by atoms with van der Waals surface area (Å²) < 4.78 is 0. The number of aromatic nitrogens is 2. The van der Waals surface area contributed by atoms with Crippen molar-refractivity contribution in [2.45, 2.75) is 36.9 Å². The molecule has 1 aliphatic rings. The summed E-state index contributed by atoms with van der Waals surface area (Å²) in [4.78, 5) is 31.0. The highest BCUT2D eigenvalue weighted by atomic mass is 32.2. The second-order valence-electron chi connectivity index (χ2n) is 5.76. The van der Waals surface area contributed by atoms with Crippen molar-refractivity contribution in [3.8, 4) is 11.3 Å². The van der Waals surface area contributed by atoms with Gasteiger partial charge in [0.1, 0.15) is 0 Å². The molecule has 0 atom stereocenters. The van der Waals surface area contributed by atoms with Crippen LogP contribution in [-0.4, -0.2) is 33.7 Å². The third-order valence-electron chi connectivity index (χ3n) is 3.92. The number of rotatable bonds is 5. The van der Waals surface area contributed by atoms with Crippen LogP contribution in [0.15, 0.2) is 41.7 Å². The molecule has 0 unspecified atom stereocenters. The summed E-state index contributed by atoms with van der Waals surface area (Å²) in [5, 5.41) is 5.85. The summed E-state index contributed by atoms with van der Waals surface area (Å²) in [5.74, 6) is -0.187. The lowest BCUT2D eigenvalue weighted by Gasteiger charge is -2.11. The fraction of sp³-hybridized carbons (Fsp3) is 0.353. The van der Waals surface area contributed by atoms with Crippen molar-refractivity contribution >= 4 is 23.7 Å². The first kappa shape index (κ1) is 16.6. The molecule has 0 saturated heterocycles. The van der Waals surface area contributed by atoms with Gasteiger partial charge in [-0.15, -0.1) is 0 Å². The predicted molar refractivity (Wildman–Crippen MR) is 93.7 cm³/mol. The average Bonchev–Trinajstić information content (AvgIpc) is 3.25. The zero-order valence-corrected chi connectivity index (χ0v) is 14.1. The summed E-state index contributed by atoms with van der Waals surface area (Å²) in [6, 6.07) is 9.64. The quantitative estimate of drug-likeness (QED) is 0.728. The van der Waals surface area contributed by atoms with E-state index in [-0.39, 0.29) is 17.7 Å². The molecule has 1 fully saturated rings. The molecule has 1 aliphatic carbocycles. The van der Waals surface area contributed by atoms with E-state index in [4.69, 9.17) is 0 Å². The van der Waals surface area contributed by atoms with Crippen molar-refractivity contribution in [3.63, 3.8) is 0 Å². The molecule has 3 rings (SSSR count). The van der Waals surface area contributed by atoms with E-state index < -0.39 is 6.03 Å². The fourth-order valence-corrected chi connectivity index (χ4v) is 3.38. The van der Waals surface area contributed by atoms with Crippen LogP contribution in [0, 0.1) is 0 Å². The van der Waals surface area contributed by atoms with Crippen LogP contribution in [-0.2, 0) is 4.79 Å². The Balaban J connectivity index is 1.44. The van der Waals surface area contributed by atoms with Gasteiger partial charge in [0.2, 0.25) is 5.91 Å². The van der Waals surface area contributed by atoms with Gasteiger partial charge in [-0.05, 0) is 18.4 Å². The molecule has 1 aromatic heterocycles. The average molecular weight is 344 g/mol. The Hall–Kier alpha value is -2.28. The first-order chi connectivity index (χ1) is 11.7. The van der Waals surface area contributed by atoms with E-state index in [0.717, 1.165) is 36.9 Å². The number of hydrogen-bond acceptors (Lipinski definition) is 4. The molecule has 7 heteroatoms. The van der Waals surface area contributed by atoms with E-state index in [0.29, 0.717) is 5.16 Å². The fourth-order valence-electron chi connectivity index (χ4n) is 2.73. The number of urea groups is 1. The number of benzene rings is 1. The van der Waals surface area contributed by atoms with Crippen molar-refractivity contribution < 1.29 is 9.59 Å². The molecule has 1 aromatic carbocycles. The molecule has 0 spiro atoms. The van der Waals surface area contributed by atoms with Crippen molar-refractivity contribution in [2.24, 2.45) is 0 Å². The summed E-state index contributed by atoms with van der Waals surface area (Å²) in [6.07, 6.45) is 5.99. The van der Waals surface area contributed by atoms with Gasteiger partial charge in [0.05, 0.1) is 17.6 Å². The summed E-state index contributed by atoms with van der Waals surface area (Å²) >= 11 is 1.27. The number of nitrogens with one attached hydrogen (secondary N) is 3. The van der Waals surface area contributed by atoms with Crippen molar-refractivity contribution in [2.75, 3.05) is 5.75 Å². The first-order valence-corrected chi connectivity index (χ1v) is 9.03. The highest BCUT2D eigenvalue weighted by Crippen LogP contribution is 2.21. The van der Waals surface area contributed by atoms with Gasteiger partial charge in [-0.2, -0.15) is 0 Å². The Labute approximate surface area is 144 Å². The van der Waals surface area contributed by atoms with Crippen LogP contribution in [0.5, 0.6) is 0 Å². The normalized spacial score (nSPS) is 14.5. The monoisotopic (exact) mass is 344 g/mol. The standard InChI is InChI=1S/C17H20N4O2S/c22-15(21-16(23)19-13-8-4-5-9-13)11-24-17-18-10-14(20-17)12-6-2-1-3-7-12/h1-3,6-7,10,13H,4-5,8-9,11H2,(H,18,20)(H2,19,21,22,23). The number of nitrogens with zero attached hydrogens (tertiary/aromatic N) is 1. The van der Waals surface area contributed by atoms with Gasteiger partial charge in [-0.3, -0.25) is 10.1 Å². The molecule has 0 aliphatic heterocycles. The minimum absolute atomic E-state index is 0.139. The Morgan fingerprint density at radius 1 is 1.21 bits per heavy atom. The number of imidazole rings is 1. The first-order valence-electron chi connectivity index (χ1n) is 8.04. The SMILES string of the molecule is O=C(CSc1ncc(-c2ccccc2)[nH]1)NC(=O)NC1CCCC1. The van der Waals surface area contributed by atoms with Gasteiger partial charge in [0.15, 0.2) is 5.16 Å². The van der Waals surface area contributed by atoms with Gasteiger partial charge < -0.3 is 10.3 Å². The van der Waals surface area contributed by atoms with E-state index in [1.165, 1.54) is 11.8 Å². The highest BCUT2D eigenvalue weighted by molar-refractivity contribution is 7.99. The molecular weight excluding hydrogens is 324 g/mol. The van der Waals surface area contributed by atoms with Crippen molar-refractivity contribution in [1.29, 1.82) is 0 Å². The molecule has 126 valence electrons. The summed E-state index contributed by atoms with van der Waals surface area (Å²) in [7, 11) is 0. The molecular formula is C17H20N4O2S. The van der Waals surface area contributed by atoms with Crippen LogP contribution in [0.25, 0.3) is 11.3 Å². The Morgan fingerprint density at radius 3 is 2.71 bits per heavy atom. The third-order valence-corrected chi connectivity index (χ3v) is 4.81. The number of H-pyrrole nitrogens is 1. The van der Waals surface area contributed by atoms with Gasteiger partial charge in [-0.25, -0.2) is 9.78 Å². The largest absolute Gasteiger partial charge is 0.335 e. The maximum atomic E-state index is 11.8. The summed E-state index contributed by atoms with van der Waals surface area (Å²) in [5.41, 5.74) is 1.94. The Bertz CT molecular complexity index is 696. The Morgan fingerprint density at radius 2 is 1.96 bits per heavy atom. The number of amides is 3. The molecule has 0 radical (unpaired) electrons. The van der Waals surface area contributed by atoms with Crippen LogP contribution in [0.3, 0.4) is 0 Å². The zero-order valence-electron chi connectivity index (χ0n) is 13.2. The lowest BCUT2D eigenvalue weighted by Crippen LogP contribution is -2.44. The predicted octanol–water partition coefficient (Wildman–Crippen LogP) is 2.94. The van der Waals surface area contributed by atoms with E-state index in [1.54, 1.807) is 6.20 Å². The van der Waals surface area contributed by atoms with Gasteiger partial charge >= 0.3 is 6.03 Å². The van der Waals surface area contributed by atoms with Crippen molar-refractivity contribution in [3.05, 3.63) is 36.5 Å². The van der Waals surface area contributed by atoms with Crippen LogP contribution >= 0.6 is 11.8 Å². The van der Waals surface area contributed by atoms with Crippen LogP contribution in [0.1, 0.15) is 25.7 Å². The minimum atomic E-state index is -0.406. The maximum Gasteiger partial charge on any atom is 0.321 e. The van der Waals surface area contributed by atoms with Gasteiger partial charge in [0.25, 0.3) is 0 Å². The molecule has 1 heterocycles. The lowest BCUT2D eigenvalue weighted by molar-refractivity contribution is -0.117. The number of aromatic amines is 1. The topological polar surface area (TPSA) is 86.9 Å². The second-order valence-corrected chi connectivity index (χ2v) is 6.72. The van der Waals surface area contributed by atoms with E-state index in [2.05, 4.69) is 20.6 Å². The minimum Gasteiger partial charge on any atom is -0.335 e. The zero-order chi connectivity index (χ0) is 16.8. The summed E-state index contributed by atoms with van der Waals surface area (Å²) in [6.45, 7) is 0. The van der Waals surface area contributed by atoms with Crippen LogP contribution in [0.4, 0.5) is 4.79 Å². The number of carbonyl (C=O) groups is 2. The van der Waals surface area contributed by atoms with Crippen LogP contribution in [0.2, 0.25) is 0 Å². The van der Waals surface area contributed by atoms with Gasteiger partial charge in [-0.1, -0.05) is 54.9 Å². The van der Waals surface area contributed by atoms with Crippen LogP contribution < -0.4 is 10.6 Å². The Kier molecular flexibility index (Phi) is 5.53. The highest BCUT2D eigenvalue weighted by Gasteiger charge is 2.18. The molecule has 6 nitrogen and oxygen atoms in total. The number of hydrogen-bond donors (Lipinski definition) is 3. The lowest BCUT2D eigenvalue weighted by atomic mass is 10.2. The van der Waals surface area contributed by atoms with E-state index in [1.807, 2.05) is 30.3 Å². The van der Waals surface area contributed by atoms with Crippen molar-refractivity contribution in [1.82, 2.24) is 20.6 Å². The molecule has 3 amide bonds. The molecule has 0 bridgehead atoms. The number of thioether (sulfide) groups is 1. The molecule has 3 N–H and O–H groups in total. The van der Waals surface area contributed by atoms with E-state index in [9.17, 15) is 9.59 Å². The molecule has 2 aromatic rings. The third kappa shape index (κ3) is 4.61. The second kappa shape index (κ2) is 8.01. The van der Waals surface area contributed by atoms with Gasteiger partial charge in [0, 0.05) is 6.04 Å². The molecule has 24 heavy (non-hydrogen) atoms. The molecule has 1 saturated carbocycles. The maximum absolute atomic E-state index is 11.8. The number of imide groups is 1. The smallest absolute Gasteiger partial charge is 0.321 e. The number of carbonyl (C=O) groups excluding carboxylic acids is 2.